The van der Waals surface area contributed by atoms with Crippen molar-refractivity contribution in [2.75, 3.05) is 5.32 Å². The first-order valence-corrected chi connectivity index (χ1v) is 6.06. The van der Waals surface area contributed by atoms with Crippen LogP contribution in [0, 0.1) is 5.92 Å². The van der Waals surface area contributed by atoms with Crippen LogP contribution < -0.4 is 5.32 Å². The molecule has 0 radical (unpaired) electrons. The van der Waals surface area contributed by atoms with Crippen LogP contribution in [0.25, 0.3) is 0 Å². The average Bonchev–Trinajstić information content (AvgIpc) is 2.24. The van der Waals surface area contributed by atoms with Crippen LogP contribution in [0.15, 0.2) is 18.2 Å². The van der Waals surface area contributed by atoms with E-state index in [9.17, 15) is 4.79 Å². The second-order valence-corrected chi connectivity index (χ2v) is 4.62. The molecule has 0 heterocycles. The van der Waals surface area contributed by atoms with Gasteiger partial charge in [-0.05, 0) is 24.6 Å². The van der Waals surface area contributed by atoms with E-state index >= 15 is 0 Å². The summed E-state index contributed by atoms with van der Waals surface area (Å²) in [5, 5.41) is 3.75. The quantitative estimate of drug-likeness (QED) is 0.855. The maximum absolute atomic E-state index is 11.7. The van der Waals surface area contributed by atoms with Gasteiger partial charge in [0.05, 0.1) is 10.0 Å². The molecule has 0 aliphatic heterocycles. The van der Waals surface area contributed by atoms with Gasteiger partial charge >= 0.3 is 0 Å². The van der Waals surface area contributed by atoms with Gasteiger partial charge < -0.3 is 5.32 Å². The van der Waals surface area contributed by atoms with Crippen LogP contribution in [0.3, 0.4) is 0 Å². The number of anilines is 1. The number of amides is 1. The van der Waals surface area contributed by atoms with Gasteiger partial charge in [-0.15, -0.1) is 0 Å². The minimum absolute atomic E-state index is 0.0134. The first kappa shape index (κ1) is 13.3. The van der Waals surface area contributed by atoms with Gasteiger partial charge in [0.2, 0.25) is 5.91 Å². The van der Waals surface area contributed by atoms with Gasteiger partial charge in [0, 0.05) is 11.6 Å². The molecule has 1 aromatic rings. The highest BCUT2D eigenvalue weighted by atomic mass is 35.5. The van der Waals surface area contributed by atoms with Crippen LogP contribution >= 0.6 is 23.2 Å². The third-order valence-corrected chi connectivity index (χ3v) is 3.10. The molecular formula is C12H15Cl2NO. The minimum atomic E-state index is 0.0134. The van der Waals surface area contributed by atoms with Crippen molar-refractivity contribution >= 4 is 34.8 Å². The number of benzene rings is 1. The first-order valence-electron chi connectivity index (χ1n) is 5.30. The molecule has 1 unspecified atom stereocenters. The van der Waals surface area contributed by atoms with E-state index in [4.69, 9.17) is 23.2 Å². The second-order valence-electron chi connectivity index (χ2n) is 3.81. The van der Waals surface area contributed by atoms with Gasteiger partial charge in [0.25, 0.3) is 0 Å². The summed E-state index contributed by atoms with van der Waals surface area (Å²) in [6, 6.07) is 5.06. The predicted octanol–water partition coefficient (Wildman–Crippen LogP) is 4.37. The highest BCUT2D eigenvalue weighted by molar-refractivity contribution is 6.42. The van der Waals surface area contributed by atoms with Gasteiger partial charge in [-0.2, -0.15) is 0 Å². The molecule has 1 aromatic carbocycles. The second kappa shape index (κ2) is 6.12. The fourth-order valence-corrected chi connectivity index (χ4v) is 1.70. The van der Waals surface area contributed by atoms with E-state index in [-0.39, 0.29) is 11.8 Å². The van der Waals surface area contributed by atoms with E-state index in [2.05, 4.69) is 12.2 Å². The zero-order valence-electron chi connectivity index (χ0n) is 9.39. The van der Waals surface area contributed by atoms with Crippen molar-refractivity contribution in [1.82, 2.24) is 0 Å². The van der Waals surface area contributed by atoms with Crippen molar-refractivity contribution in [3.05, 3.63) is 28.2 Å². The molecule has 1 atom stereocenters. The van der Waals surface area contributed by atoms with E-state index in [0.717, 1.165) is 12.8 Å². The summed E-state index contributed by atoms with van der Waals surface area (Å²) in [7, 11) is 0. The first-order chi connectivity index (χ1) is 7.54. The molecule has 0 fully saturated rings. The monoisotopic (exact) mass is 259 g/mol. The third kappa shape index (κ3) is 3.69. The van der Waals surface area contributed by atoms with E-state index in [1.165, 1.54) is 0 Å². The zero-order valence-corrected chi connectivity index (χ0v) is 10.9. The maximum atomic E-state index is 11.7. The van der Waals surface area contributed by atoms with Gasteiger partial charge in [-0.1, -0.05) is 43.5 Å². The Morgan fingerprint density at radius 1 is 1.38 bits per heavy atom. The summed E-state index contributed by atoms with van der Waals surface area (Å²) in [5.41, 5.74) is 0.683. The largest absolute Gasteiger partial charge is 0.326 e. The Hall–Kier alpha value is -0.730. The predicted molar refractivity (Wildman–Crippen MR) is 69.2 cm³/mol. The Labute approximate surface area is 106 Å². The molecule has 0 bridgehead atoms. The Morgan fingerprint density at radius 3 is 2.62 bits per heavy atom. The summed E-state index contributed by atoms with van der Waals surface area (Å²) in [6.07, 6.45) is 1.88. The number of halogens is 2. The van der Waals surface area contributed by atoms with Gasteiger partial charge in [-0.3, -0.25) is 4.79 Å². The summed E-state index contributed by atoms with van der Waals surface area (Å²) in [4.78, 5) is 11.7. The lowest BCUT2D eigenvalue weighted by atomic mass is 10.1. The standard InChI is InChI=1S/C12H15Cl2NO/c1-3-4-8(2)12(16)15-9-5-6-10(13)11(14)7-9/h5-8H,3-4H2,1-2H3,(H,15,16). The fourth-order valence-electron chi connectivity index (χ4n) is 1.40. The lowest BCUT2D eigenvalue weighted by Crippen LogP contribution is -2.20. The van der Waals surface area contributed by atoms with Crippen molar-refractivity contribution < 1.29 is 4.79 Å². The van der Waals surface area contributed by atoms with Crippen LogP contribution in [0.2, 0.25) is 10.0 Å². The molecule has 0 saturated carbocycles. The minimum Gasteiger partial charge on any atom is -0.326 e. The Morgan fingerprint density at radius 2 is 2.06 bits per heavy atom. The van der Waals surface area contributed by atoms with Crippen molar-refractivity contribution in [3.8, 4) is 0 Å². The normalized spacial score (nSPS) is 12.2. The number of carbonyl (C=O) groups excluding carboxylic acids is 1. The molecule has 1 amide bonds. The highest BCUT2D eigenvalue weighted by Crippen LogP contribution is 2.25. The fraction of sp³-hybridized carbons (Fsp3) is 0.417. The van der Waals surface area contributed by atoms with Gasteiger partial charge in [0.1, 0.15) is 0 Å². The van der Waals surface area contributed by atoms with Crippen LogP contribution in [-0.4, -0.2) is 5.91 Å². The van der Waals surface area contributed by atoms with E-state index in [1.807, 2.05) is 6.92 Å². The van der Waals surface area contributed by atoms with Crippen LogP contribution in [0.1, 0.15) is 26.7 Å². The lowest BCUT2D eigenvalue weighted by Gasteiger charge is -2.11. The molecule has 0 aliphatic carbocycles. The summed E-state index contributed by atoms with van der Waals surface area (Å²) < 4.78 is 0. The van der Waals surface area contributed by atoms with Crippen molar-refractivity contribution in [2.24, 2.45) is 5.92 Å². The number of rotatable bonds is 4. The topological polar surface area (TPSA) is 29.1 Å². The summed E-state index contributed by atoms with van der Waals surface area (Å²) in [5.74, 6) is 0.0275. The SMILES string of the molecule is CCCC(C)C(=O)Nc1ccc(Cl)c(Cl)c1. The van der Waals surface area contributed by atoms with Gasteiger partial charge in [0.15, 0.2) is 0 Å². The average molecular weight is 260 g/mol. The molecule has 1 N–H and O–H groups in total. The van der Waals surface area contributed by atoms with Crippen LogP contribution in [0.4, 0.5) is 5.69 Å². The van der Waals surface area contributed by atoms with E-state index < -0.39 is 0 Å². The molecule has 1 rings (SSSR count). The molecule has 16 heavy (non-hydrogen) atoms. The Balaban J connectivity index is 2.66. The Kier molecular flexibility index (Phi) is 5.10. The van der Waals surface area contributed by atoms with E-state index in [1.54, 1.807) is 18.2 Å². The molecule has 4 heteroatoms. The summed E-state index contributed by atoms with van der Waals surface area (Å²) >= 11 is 11.6. The number of hydrogen-bond donors (Lipinski definition) is 1. The molecule has 2 nitrogen and oxygen atoms in total. The van der Waals surface area contributed by atoms with Crippen molar-refractivity contribution in [3.63, 3.8) is 0 Å². The smallest absolute Gasteiger partial charge is 0.227 e. The lowest BCUT2D eigenvalue weighted by molar-refractivity contribution is -0.119. The molecule has 0 aromatic heterocycles. The van der Waals surface area contributed by atoms with E-state index in [0.29, 0.717) is 15.7 Å². The van der Waals surface area contributed by atoms with Crippen LogP contribution in [0.5, 0.6) is 0 Å². The number of nitrogens with one attached hydrogen (secondary N) is 1. The Bertz CT molecular complexity index is 379. The number of hydrogen-bond acceptors (Lipinski definition) is 1. The third-order valence-electron chi connectivity index (χ3n) is 2.36. The molecule has 0 saturated heterocycles. The zero-order chi connectivity index (χ0) is 12.1. The maximum Gasteiger partial charge on any atom is 0.227 e. The van der Waals surface area contributed by atoms with Crippen LogP contribution in [-0.2, 0) is 4.79 Å². The van der Waals surface area contributed by atoms with Gasteiger partial charge in [-0.25, -0.2) is 0 Å². The molecule has 88 valence electrons. The molecule has 0 aliphatic rings. The number of carbonyl (C=O) groups is 1. The van der Waals surface area contributed by atoms with Crippen molar-refractivity contribution in [2.45, 2.75) is 26.7 Å². The molecule has 0 spiro atoms. The summed E-state index contributed by atoms with van der Waals surface area (Å²) in [6.45, 7) is 3.97. The molecular weight excluding hydrogens is 245 g/mol. The van der Waals surface area contributed by atoms with Crippen molar-refractivity contribution in [1.29, 1.82) is 0 Å². The highest BCUT2D eigenvalue weighted by Gasteiger charge is 2.12.